The van der Waals surface area contributed by atoms with Crippen LogP contribution in [-0.2, 0) is 0 Å². The largest absolute Gasteiger partial charge is 0.292 e. The van der Waals surface area contributed by atoms with Crippen LogP contribution in [0.2, 0.25) is 0 Å². The van der Waals surface area contributed by atoms with Crippen LogP contribution in [0, 0.1) is 5.41 Å². The van der Waals surface area contributed by atoms with E-state index in [0.717, 1.165) is 11.4 Å². The van der Waals surface area contributed by atoms with E-state index in [0.29, 0.717) is 0 Å². The van der Waals surface area contributed by atoms with Gasteiger partial charge in [-0.25, -0.2) is 0 Å². The highest BCUT2D eigenvalue weighted by atomic mass is 15.1. The van der Waals surface area contributed by atoms with Gasteiger partial charge in [-0.1, -0.05) is 36.4 Å². The van der Waals surface area contributed by atoms with Gasteiger partial charge in [-0.2, -0.15) is 0 Å². The van der Waals surface area contributed by atoms with Crippen LogP contribution in [0.5, 0.6) is 0 Å². The summed E-state index contributed by atoms with van der Waals surface area (Å²) >= 11 is 0. The molecule has 2 aromatic rings. The average Bonchev–Trinajstić information content (AvgIpc) is 2.33. The Labute approximate surface area is 89.3 Å². The Hall–Kier alpha value is -2.09. The zero-order valence-electron chi connectivity index (χ0n) is 8.22. The van der Waals surface area contributed by atoms with Crippen molar-refractivity contribution in [3.63, 3.8) is 0 Å². The fraction of sp³-hybridized carbons (Fsp3) is 0. The van der Waals surface area contributed by atoms with Crippen molar-refractivity contribution >= 4 is 17.7 Å². The van der Waals surface area contributed by atoms with E-state index in [1.165, 1.54) is 0 Å². The molecule has 0 aliphatic heterocycles. The number of para-hydroxylation sites is 2. The quantitative estimate of drug-likeness (QED) is 0.454. The SMILES string of the molecule is N=[C]N(c1ccccc1)c1ccccc1. The molecule has 0 aliphatic rings. The van der Waals surface area contributed by atoms with Gasteiger partial charge in [0.2, 0.25) is 0 Å². The molecule has 15 heavy (non-hydrogen) atoms. The van der Waals surface area contributed by atoms with Crippen LogP contribution in [0.15, 0.2) is 60.7 Å². The molecular weight excluding hydrogens is 184 g/mol. The van der Waals surface area contributed by atoms with E-state index in [4.69, 9.17) is 5.41 Å². The monoisotopic (exact) mass is 195 g/mol. The molecule has 2 aromatic carbocycles. The van der Waals surface area contributed by atoms with Crippen molar-refractivity contribution in [1.82, 2.24) is 0 Å². The lowest BCUT2D eigenvalue weighted by molar-refractivity contribution is 1.34. The fourth-order valence-electron chi connectivity index (χ4n) is 1.43. The van der Waals surface area contributed by atoms with Crippen LogP contribution in [-0.4, -0.2) is 6.34 Å². The molecule has 0 saturated carbocycles. The number of anilines is 2. The minimum absolute atomic E-state index is 0.943. The van der Waals surface area contributed by atoms with Crippen LogP contribution in [0.3, 0.4) is 0 Å². The third-order valence-corrected chi connectivity index (χ3v) is 2.14. The summed E-state index contributed by atoms with van der Waals surface area (Å²) in [6.07, 6.45) is 2.42. The molecule has 2 heteroatoms. The van der Waals surface area contributed by atoms with Gasteiger partial charge in [-0.15, -0.1) is 0 Å². The Bertz CT molecular complexity index is 383. The smallest absolute Gasteiger partial charge is 0.173 e. The van der Waals surface area contributed by atoms with Gasteiger partial charge in [0, 0.05) is 11.4 Å². The second-order valence-electron chi connectivity index (χ2n) is 3.12. The van der Waals surface area contributed by atoms with Crippen molar-refractivity contribution in [2.75, 3.05) is 4.90 Å². The van der Waals surface area contributed by atoms with E-state index >= 15 is 0 Å². The normalized spacial score (nSPS) is 9.60. The highest BCUT2D eigenvalue weighted by Gasteiger charge is 2.04. The first kappa shape index (κ1) is 9.46. The van der Waals surface area contributed by atoms with Gasteiger partial charge in [0.15, 0.2) is 6.34 Å². The first-order chi connectivity index (χ1) is 7.42. The lowest BCUT2D eigenvalue weighted by Gasteiger charge is -2.17. The van der Waals surface area contributed by atoms with Crippen molar-refractivity contribution in [1.29, 1.82) is 5.41 Å². The van der Waals surface area contributed by atoms with Gasteiger partial charge in [-0.3, -0.25) is 10.3 Å². The molecule has 0 saturated heterocycles. The van der Waals surface area contributed by atoms with E-state index in [1.807, 2.05) is 60.7 Å². The number of hydrogen-bond acceptors (Lipinski definition) is 1. The Morgan fingerprint density at radius 1 is 0.733 bits per heavy atom. The molecule has 0 atom stereocenters. The predicted octanol–water partition coefficient (Wildman–Crippen LogP) is 3.31. The second kappa shape index (κ2) is 4.42. The molecule has 0 fully saturated rings. The number of rotatable bonds is 3. The van der Waals surface area contributed by atoms with Gasteiger partial charge < -0.3 is 0 Å². The molecule has 73 valence electrons. The first-order valence-electron chi connectivity index (χ1n) is 4.74. The van der Waals surface area contributed by atoms with E-state index < -0.39 is 0 Å². The van der Waals surface area contributed by atoms with Crippen LogP contribution < -0.4 is 4.90 Å². The van der Waals surface area contributed by atoms with Crippen molar-refractivity contribution < 1.29 is 0 Å². The van der Waals surface area contributed by atoms with Crippen molar-refractivity contribution in [3.05, 3.63) is 60.7 Å². The van der Waals surface area contributed by atoms with Gasteiger partial charge in [0.1, 0.15) is 0 Å². The molecule has 0 heterocycles. The molecule has 0 amide bonds. The van der Waals surface area contributed by atoms with Gasteiger partial charge in [0.05, 0.1) is 0 Å². The highest BCUT2D eigenvalue weighted by molar-refractivity contribution is 5.87. The average molecular weight is 195 g/mol. The lowest BCUT2D eigenvalue weighted by atomic mass is 10.2. The summed E-state index contributed by atoms with van der Waals surface area (Å²) in [6.45, 7) is 0. The number of nitrogens with one attached hydrogen (secondary N) is 1. The van der Waals surface area contributed by atoms with Gasteiger partial charge in [0.25, 0.3) is 0 Å². The van der Waals surface area contributed by atoms with Crippen molar-refractivity contribution in [2.24, 2.45) is 0 Å². The predicted molar refractivity (Wildman–Crippen MR) is 62.7 cm³/mol. The van der Waals surface area contributed by atoms with Gasteiger partial charge in [-0.05, 0) is 24.3 Å². The Kier molecular flexibility index (Phi) is 2.79. The Balaban J connectivity index is 2.38. The van der Waals surface area contributed by atoms with Gasteiger partial charge >= 0.3 is 0 Å². The number of hydrogen-bond donors (Lipinski definition) is 1. The zero-order valence-corrected chi connectivity index (χ0v) is 8.22. The minimum Gasteiger partial charge on any atom is -0.292 e. The third-order valence-electron chi connectivity index (χ3n) is 2.14. The fourth-order valence-corrected chi connectivity index (χ4v) is 1.43. The molecule has 2 rings (SSSR count). The number of nitrogens with zero attached hydrogens (tertiary/aromatic N) is 1. The molecular formula is C13H11N2. The Morgan fingerprint density at radius 2 is 1.13 bits per heavy atom. The summed E-state index contributed by atoms with van der Waals surface area (Å²) in [7, 11) is 0. The third kappa shape index (κ3) is 2.05. The Morgan fingerprint density at radius 3 is 1.47 bits per heavy atom. The van der Waals surface area contributed by atoms with E-state index in [2.05, 4.69) is 6.34 Å². The van der Waals surface area contributed by atoms with Crippen molar-refractivity contribution in [2.45, 2.75) is 0 Å². The highest BCUT2D eigenvalue weighted by Crippen LogP contribution is 2.22. The molecule has 0 aromatic heterocycles. The summed E-state index contributed by atoms with van der Waals surface area (Å²) in [5, 5.41) is 7.31. The summed E-state index contributed by atoms with van der Waals surface area (Å²) in [6, 6.07) is 19.5. The van der Waals surface area contributed by atoms with Crippen LogP contribution >= 0.6 is 0 Å². The molecule has 0 aliphatic carbocycles. The molecule has 0 unspecified atom stereocenters. The van der Waals surface area contributed by atoms with E-state index in [9.17, 15) is 0 Å². The molecule has 1 radical (unpaired) electrons. The summed E-state index contributed by atoms with van der Waals surface area (Å²) in [4.78, 5) is 1.71. The second-order valence-corrected chi connectivity index (χ2v) is 3.12. The lowest BCUT2D eigenvalue weighted by Crippen LogP contribution is -2.12. The molecule has 2 nitrogen and oxygen atoms in total. The maximum atomic E-state index is 7.31. The minimum atomic E-state index is 0.943. The number of benzene rings is 2. The summed E-state index contributed by atoms with van der Waals surface area (Å²) < 4.78 is 0. The molecule has 1 N–H and O–H groups in total. The standard InChI is InChI=1S/C13H11N2/c14-11-15(12-7-3-1-4-8-12)13-9-5-2-6-10-13/h1-10,14H. The summed E-state index contributed by atoms with van der Waals surface area (Å²) in [5.41, 5.74) is 1.89. The van der Waals surface area contributed by atoms with Crippen molar-refractivity contribution in [3.8, 4) is 0 Å². The molecule has 0 bridgehead atoms. The maximum absolute atomic E-state index is 7.31. The van der Waals surface area contributed by atoms with E-state index in [1.54, 1.807) is 4.90 Å². The van der Waals surface area contributed by atoms with Crippen LogP contribution in [0.1, 0.15) is 0 Å². The van der Waals surface area contributed by atoms with Crippen LogP contribution in [0.4, 0.5) is 11.4 Å². The van der Waals surface area contributed by atoms with Crippen LogP contribution in [0.25, 0.3) is 0 Å². The summed E-state index contributed by atoms with van der Waals surface area (Å²) in [5.74, 6) is 0. The van der Waals surface area contributed by atoms with E-state index in [-0.39, 0.29) is 0 Å². The zero-order chi connectivity index (χ0) is 10.5. The first-order valence-corrected chi connectivity index (χ1v) is 4.74. The molecule has 0 spiro atoms. The topological polar surface area (TPSA) is 27.1 Å². The maximum Gasteiger partial charge on any atom is 0.173 e.